The summed E-state index contributed by atoms with van der Waals surface area (Å²) >= 11 is 0. The molecule has 25 heavy (non-hydrogen) atoms. The van der Waals surface area contributed by atoms with Crippen molar-refractivity contribution >= 4 is 16.0 Å². The highest BCUT2D eigenvalue weighted by molar-refractivity contribution is 7.86. The Morgan fingerprint density at radius 1 is 1.12 bits per heavy atom. The van der Waals surface area contributed by atoms with Crippen LogP contribution < -0.4 is 4.18 Å². The third-order valence-corrected chi connectivity index (χ3v) is 4.40. The van der Waals surface area contributed by atoms with Gasteiger partial charge in [0.15, 0.2) is 0 Å². The molecule has 1 unspecified atom stereocenters. The van der Waals surface area contributed by atoms with Gasteiger partial charge in [-0.15, -0.1) is 0 Å². The van der Waals surface area contributed by atoms with Gasteiger partial charge in [0.1, 0.15) is 5.75 Å². The minimum Gasteiger partial charge on any atom is -0.383 e. The lowest BCUT2D eigenvalue weighted by molar-refractivity contribution is 0.0671. The zero-order valence-electron chi connectivity index (χ0n) is 14.7. The molecule has 0 saturated heterocycles. The highest BCUT2D eigenvalue weighted by Gasteiger charge is 2.21. The molecule has 0 aliphatic rings. The molecule has 2 aromatic carbocycles. The lowest BCUT2D eigenvalue weighted by Crippen LogP contribution is -2.37. The van der Waals surface area contributed by atoms with E-state index in [0.29, 0.717) is 12.1 Å². The molecule has 0 heterocycles. The molecular weight excluding hydrogens is 338 g/mol. The first-order valence-corrected chi connectivity index (χ1v) is 9.96. The molecule has 1 atom stereocenters. The van der Waals surface area contributed by atoms with E-state index >= 15 is 0 Å². The fraction of sp³-hybridized carbons (Fsp3) is 0.316. The van der Waals surface area contributed by atoms with Gasteiger partial charge >= 0.3 is 10.1 Å². The van der Waals surface area contributed by atoms with Crippen LogP contribution >= 0.6 is 0 Å². The SMILES string of the molecule is CCC(C)N(Cc1cccc(OS(C)(=O)=O)c1)C(=O)c1ccccc1. The van der Waals surface area contributed by atoms with Crippen LogP contribution in [0.25, 0.3) is 0 Å². The second-order valence-corrected chi connectivity index (χ2v) is 7.57. The molecule has 0 fully saturated rings. The van der Waals surface area contributed by atoms with Crippen LogP contribution in [0.15, 0.2) is 54.6 Å². The quantitative estimate of drug-likeness (QED) is 0.709. The van der Waals surface area contributed by atoms with Crippen LogP contribution in [0.5, 0.6) is 5.75 Å². The van der Waals surface area contributed by atoms with E-state index in [2.05, 4.69) is 0 Å². The first-order valence-electron chi connectivity index (χ1n) is 8.14. The van der Waals surface area contributed by atoms with Gasteiger partial charge in [0, 0.05) is 18.2 Å². The van der Waals surface area contributed by atoms with E-state index in [4.69, 9.17) is 4.18 Å². The van der Waals surface area contributed by atoms with Gasteiger partial charge in [-0.25, -0.2) is 0 Å². The maximum absolute atomic E-state index is 12.9. The Kier molecular flexibility index (Phi) is 6.20. The normalized spacial score (nSPS) is 12.4. The van der Waals surface area contributed by atoms with Gasteiger partial charge in [-0.1, -0.05) is 37.3 Å². The molecule has 0 N–H and O–H groups in total. The van der Waals surface area contributed by atoms with E-state index in [0.717, 1.165) is 18.2 Å². The highest BCUT2D eigenvalue weighted by atomic mass is 32.2. The third-order valence-electron chi connectivity index (χ3n) is 3.90. The molecule has 0 bridgehead atoms. The van der Waals surface area contributed by atoms with E-state index in [-0.39, 0.29) is 17.7 Å². The number of carbonyl (C=O) groups is 1. The number of benzene rings is 2. The minimum absolute atomic E-state index is 0.0483. The van der Waals surface area contributed by atoms with Crippen molar-refractivity contribution in [2.45, 2.75) is 32.9 Å². The second kappa shape index (κ2) is 8.16. The molecule has 134 valence electrons. The summed E-state index contributed by atoms with van der Waals surface area (Å²) in [6.07, 6.45) is 1.82. The van der Waals surface area contributed by atoms with Crippen LogP contribution in [-0.4, -0.2) is 31.5 Å². The zero-order chi connectivity index (χ0) is 18.4. The fourth-order valence-corrected chi connectivity index (χ4v) is 2.92. The van der Waals surface area contributed by atoms with Crippen LogP contribution in [0.3, 0.4) is 0 Å². The fourth-order valence-electron chi connectivity index (χ4n) is 2.46. The lowest BCUT2D eigenvalue weighted by atomic mass is 10.1. The molecule has 0 saturated carbocycles. The van der Waals surface area contributed by atoms with Gasteiger partial charge < -0.3 is 9.08 Å². The van der Waals surface area contributed by atoms with Crippen LogP contribution in [0.4, 0.5) is 0 Å². The van der Waals surface area contributed by atoms with Crippen molar-refractivity contribution in [3.8, 4) is 5.75 Å². The second-order valence-electron chi connectivity index (χ2n) is 5.99. The van der Waals surface area contributed by atoms with Crippen molar-refractivity contribution < 1.29 is 17.4 Å². The van der Waals surface area contributed by atoms with E-state index < -0.39 is 10.1 Å². The Balaban J connectivity index is 2.26. The summed E-state index contributed by atoms with van der Waals surface area (Å²) < 4.78 is 27.5. The monoisotopic (exact) mass is 361 g/mol. The Bertz CT molecular complexity index is 818. The molecule has 0 radical (unpaired) electrons. The molecule has 2 rings (SSSR count). The Labute approximate surface area is 149 Å². The zero-order valence-corrected chi connectivity index (χ0v) is 15.5. The summed E-state index contributed by atoms with van der Waals surface area (Å²) in [6, 6.07) is 16.0. The van der Waals surface area contributed by atoms with Crippen LogP contribution in [-0.2, 0) is 16.7 Å². The predicted molar refractivity (Wildman–Crippen MR) is 98.0 cm³/mol. The molecule has 5 nitrogen and oxygen atoms in total. The summed E-state index contributed by atoms with van der Waals surface area (Å²) in [7, 11) is -3.58. The maximum atomic E-state index is 12.9. The van der Waals surface area contributed by atoms with Crippen molar-refractivity contribution in [1.82, 2.24) is 4.90 Å². The first-order chi connectivity index (χ1) is 11.8. The number of hydrogen-bond donors (Lipinski definition) is 0. The number of hydrogen-bond acceptors (Lipinski definition) is 4. The van der Waals surface area contributed by atoms with Crippen molar-refractivity contribution in [1.29, 1.82) is 0 Å². The van der Waals surface area contributed by atoms with E-state index in [1.165, 1.54) is 0 Å². The maximum Gasteiger partial charge on any atom is 0.306 e. The Morgan fingerprint density at radius 2 is 1.80 bits per heavy atom. The molecule has 1 amide bonds. The Hall–Kier alpha value is -2.34. The summed E-state index contributed by atoms with van der Waals surface area (Å²) in [6.45, 7) is 4.40. The number of nitrogens with zero attached hydrogens (tertiary/aromatic N) is 1. The molecule has 6 heteroatoms. The average Bonchev–Trinajstić information content (AvgIpc) is 2.58. The minimum atomic E-state index is -3.58. The van der Waals surface area contributed by atoms with Crippen LogP contribution in [0.2, 0.25) is 0 Å². The van der Waals surface area contributed by atoms with Crippen molar-refractivity contribution in [2.24, 2.45) is 0 Å². The summed E-state index contributed by atoms with van der Waals surface area (Å²) in [5.41, 5.74) is 1.44. The molecule has 2 aromatic rings. The number of amides is 1. The lowest BCUT2D eigenvalue weighted by Gasteiger charge is -2.29. The van der Waals surface area contributed by atoms with Crippen molar-refractivity contribution in [3.05, 3.63) is 65.7 Å². The van der Waals surface area contributed by atoms with Gasteiger partial charge in [-0.05, 0) is 43.2 Å². The topological polar surface area (TPSA) is 63.7 Å². The summed E-state index contributed by atoms with van der Waals surface area (Å²) in [5, 5.41) is 0. The molecule has 0 aromatic heterocycles. The number of carbonyl (C=O) groups excluding carboxylic acids is 1. The van der Waals surface area contributed by atoms with E-state index in [1.807, 2.05) is 38.1 Å². The van der Waals surface area contributed by atoms with Gasteiger partial charge in [0.2, 0.25) is 0 Å². The molecule has 0 spiro atoms. The van der Waals surface area contributed by atoms with Gasteiger partial charge in [-0.3, -0.25) is 4.79 Å². The van der Waals surface area contributed by atoms with Crippen molar-refractivity contribution in [3.63, 3.8) is 0 Å². The molecular formula is C19H23NO4S. The van der Waals surface area contributed by atoms with Gasteiger partial charge in [0.25, 0.3) is 5.91 Å². The molecule has 0 aliphatic heterocycles. The predicted octanol–water partition coefficient (Wildman–Crippen LogP) is 3.47. The van der Waals surface area contributed by atoms with Crippen LogP contribution in [0, 0.1) is 0 Å². The Morgan fingerprint density at radius 3 is 2.40 bits per heavy atom. The molecule has 0 aliphatic carbocycles. The van der Waals surface area contributed by atoms with E-state index in [1.54, 1.807) is 35.2 Å². The largest absolute Gasteiger partial charge is 0.383 e. The third kappa shape index (κ3) is 5.60. The first kappa shape index (κ1) is 19.0. The summed E-state index contributed by atoms with van der Waals surface area (Å²) in [4.78, 5) is 14.6. The van der Waals surface area contributed by atoms with E-state index in [9.17, 15) is 13.2 Å². The van der Waals surface area contributed by atoms with Crippen molar-refractivity contribution in [2.75, 3.05) is 6.26 Å². The smallest absolute Gasteiger partial charge is 0.306 e. The van der Waals surface area contributed by atoms with Gasteiger partial charge in [0.05, 0.1) is 6.26 Å². The summed E-state index contributed by atoms with van der Waals surface area (Å²) in [5.74, 6) is 0.195. The van der Waals surface area contributed by atoms with Crippen LogP contribution in [0.1, 0.15) is 36.2 Å². The van der Waals surface area contributed by atoms with Gasteiger partial charge in [-0.2, -0.15) is 8.42 Å². The highest BCUT2D eigenvalue weighted by Crippen LogP contribution is 2.19. The average molecular weight is 361 g/mol. The standard InChI is InChI=1S/C19H23NO4S/c1-4-15(2)20(19(21)17-10-6-5-7-11-17)14-16-9-8-12-18(13-16)24-25(3,22)23/h5-13,15H,4,14H2,1-3H3. The number of rotatable bonds is 7.